The number of amides is 1. The van der Waals surface area contributed by atoms with Crippen LogP contribution >= 0.6 is 39.1 Å². The van der Waals surface area contributed by atoms with Gasteiger partial charge in [-0.15, -0.1) is 0 Å². The molecule has 0 heterocycles. The lowest BCUT2D eigenvalue weighted by Crippen LogP contribution is -2.47. The van der Waals surface area contributed by atoms with Crippen LogP contribution in [0.15, 0.2) is 18.2 Å². The predicted molar refractivity (Wildman–Crippen MR) is 96.4 cm³/mol. The Morgan fingerprint density at radius 1 is 1.22 bits per heavy atom. The largest absolute Gasteiger partial charge is 0.325 e. The molecule has 124 valence electrons. The zero-order valence-corrected chi connectivity index (χ0v) is 16.3. The minimum absolute atomic E-state index is 0.123. The first kappa shape index (κ1) is 17.2. The van der Waals surface area contributed by atoms with E-state index in [1.807, 2.05) is 20.8 Å². The lowest BCUT2D eigenvalue weighted by molar-refractivity contribution is -0.130. The minimum Gasteiger partial charge on any atom is -0.325 e. The summed E-state index contributed by atoms with van der Waals surface area (Å²) in [7, 11) is 0. The number of alkyl halides is 1. The highest BCUT2D eigenvalue weighted by atomic mass is 79.9. The van der Waals surface area contributed by atoms with Gasteiger partial charge in [0.05, 0.1) is 20.3 Å². The van der Waals surface area contributed by atoms with Crippen LogP contribution in [0.25, 0.3) is 0 Å². The normalized spacial score (nSPS) is 34.7. The number of ketones is 1. The molecular formula is C17H18BrCl2NO2. The molecule has 0 unspecified atom stereocenters. The number of Topliss-reactive ketones (excluding diaryl/α,β-unsaturated/α-hetero) is 1. The smallest absolute Gasteiger partial charge is 0.232 e. The van der Waals surface area contributed by atoms with Crippen molar-refractivity contribution in [1.82, 2.24) is 0 Å². The zero-order valence-electron chi connectivity index (χ0n) is 13.2. The molecule has 1 amide bonds. The molecule has 2 bridgehead atoms. The monoisotopic (exact) mass is 417 g/mol. The molecule has 0 aliphatic heterocycles. The number of rotatable bonds is 2. The van der Waals surface area contributed by atoms with Crippen LogP contribution in [0.4, 0.5) is 5.69 Å². The van der Waals surface area contributed by atoms with Crippen LogP contribution in [-0.2, 0) is 9.59 Å². The van der Waals surface area contributed by atoms with Crippen molar-refractivity contribution in [3.05, 3.63) is 28.2 Å². The fourth-order valence-electron chi connectivity index (χ4n) is 4.27. The van der Waals surface area contributed by atoms with E-state index < -0.39 is 21.1 Å². The van der Waals surface area contributed by atoms with Crippen molar-refractivity contribution in [2.45, 2.75) is 38.4 Å². The van der Waals surface area contributed by atoms with Crippen LogP contribution in [0.3, 0.4) is 0 Å². The maximum absolute atomic E-state index is 13.1. The molecule has 6 heteroatoms. The number of carbonyl (C=O) groups is 2. The highest BCUT2D eigenvalue weighted by Gasteiger charge is 2.76. The number of carbonyl (C=O) groups excluding carboxylic acids is 2. The summed E-state index contributed by atoms with van der Waals surface area (Å²) in [5, 5.41) is 3.75. The molecule has 1 aromatic rings. The average Bonchev–Trinajstić information content (AvgIpc) is 2.75. The van der Waals surface area contributed by atoms with Gasteiger partial charge in [-0.05, 0) is 36.5 Å². The molecule has 0 saturated heterocycles. The topological polar surface area (TPSA) is 46.2 Å². The molecule has 3 nitrogen and oxygen atoms in total. The summed E-state index contributed by atoms with van der Waals surface area (Å²) in [5.41, 5.74) is -1.07. The van der Waals surface area contributed by atoms with Gasteiger partial charge in [0.25, 0.3) is 0 Å². The summed E-state index contributed by atoms with van der Waals surface area (Å²) in [5.74, 6) is -0.0182. The fraction of sp³-hybridized carbons (Fsp3) is 0.529. The summed E-state index contributed by atoms with van der Waals surface area (Å²) >= 11 is 15.4. The van der Waals surface area contributed by atoms with Gasteiger partial charge in [0.1, 0.15) is 0 Å². The first-order valence-corrected chi connectivity index (χ1v) is 9.20. The maximum atomic E-state index is 13.1. The standard InChI is InChI=1S/C17H18BrCl2NO2/c1-15(2)16(3)6-7-17(15,12(18)13(16)22)14(23)21-9-4-5-10(19)11(20)8-9/h4-5,8,12H,6-7H2,1-3H3,(H,21,23)/t12-,16+,17+/m1/s1. The van der Waals surface area contributed by atoms with Gasteiger partial charge in [0.2, 0.25) is 5.91 Å². The van der Waals surface area contributed by atoms with Gasteiger partial charge >= 0.3 is 0 Å². The minimum atomic E-state index is -0.759. The van der Waals surface area contributed by atoms with E-state index in [0.717, 1.165) is 6.42 Å². The van der Waals surface area contributed by atoms with E-state index >= 15 is 0 Å². The van der Waals surface area contributed by atoms with E-state index in [-0.39, 0.29) is 11.7 Å². The molecule has 23 heavy (non-hydrogen) atoms. The van der Waals surface area contributed by atoms with Gasteiger partial charge in [-0.3, -0.25) is 9.59 Å². The lowest BCUT2D eigenvalue weighted by atomic mass is 9.64. The molecule has 2 saturated carbocycles. The highest BCUT2D eigenvalue weighted by Crippen LogP contribution is 2.72. The second-order valence-corrected chi connectivity index (χ2v) is 8.97. The van der Waals surface area contributed by atoms with Gasteiger partial charge in [-0.2, -0.15) is 0 Å². The van der Waals surface area contributed by atoms with E-state index in [1.165, 1.54) is 0 Å². The van der Waals surface area contributed by atoms with Crippen molar-refractivity contribution < 1.29 is 9.59 Å². The second kappa shape index (κ2) is 5.21. The Morgan fingerprint density at radius 3 is 2.39 bits per heavy atom. The predicted octanol–water partition coefficient (Wildman–Crippen LogP) is 5.09. The quantitative estimate of drug-likeness (QED) is 0.679. The second-order valence-electron chi connectivity index (χ2n) is 7.24. The number of fused-ring (bicyclic) bond motifs is 2. The molecule has 1 aromatic carbocycles. The van der Waals surface area contributed by atoms with Crippen LogP contribution in [0.5, 0.6) is 0 Å². The van der Waals surface area contributed by atoms with Crippen molar-refractivity contribution >= 4 is 56.5 Å². The van der Waals surface area contributed by atoms with Crippen LogP contribution in [0.1, 0.15) is 33.6 Å². The van der Waals surface area contributed by atoms with Crippen molar-refractivity contribution in [1.29, 1.82) is 0 Å². The third-order valence-corrected chi connectivity index (χ3v) is 8.24. The molecule has 0 radical (unpaired) electrons. The van der Waals surface area contributed by atoms with Crippen LogP contribution < -0.4 is 5.32 Å². The molecule has 3 atom stereocenters. The lowest BCUT2D eigenvalue weighted by Gasteiger charge is -2.39. The number of anilines is 1. The van der Waals surface area contributed by atoms with E-state index in [9.17, 15) is 9.59 Å². The highest BCUT2D eigenvalue weighted by molar-refractivity contribution is 9.10. The Kier molecular flexibility index (Phi) is 3.90. The molecule has 3 rings (SSSR count). The molecule has 2 fully saturated rings. The summed E-state index contributed by atoms with van der Waals surface area (Å²) in [6.07, 6.45) is 1.42. The van der Waals surface area contributed by atoms with Crippen LogP contribution in [0.2, 0.25) is 10.0 Å². The van der Waals surface area contributed by atoms with Gasteiger partial charge in [0.15, 0.2) is 5.78 Å². The summed E-state index contributed by atoms with van der Waals surface area (Å²) in [6.45, 7) is 6.02. The van der Waals surface area contributed by atoms with E-state index in [2.05, 4.69) is 21.2 Å². The number of hydrogen-bond donors (Lipinski definition) is 1. The summed E-state index contributed by atoms with van der Waals surface area (Å²) in [6, 6.07) is 4.98. The van der Waals surface area contributed by atoms with Crippen molar-refractivity contribution in [2.75, 3.05) is 5.32 Å². The maximum Gasteiger partial charge on any atom is 0.232 e. The number of benzene rings is 1. The molecular weight excluding hydrogens is 401 g/mol. The van der Waals surface area contributed by atoms with E-state index in [1.54, 1.807) is 18.2 Å². The summed E-state index contributed by atoms with van der Waals surface area (Å²) in [4.78, 5) is 25.4. The molecule has 0 spiro atoms. The van der Waals surface area contributed by atoms with Crippen molar-refractivity contribution in [3.8, 4) is 0 Å². The zero-order chi connectivity index (χ0) is 17.2. The van der Waals surface area contributed by atoms with E-state index in [4.69, 9.17) is 23.2 Å². The average molecular weight is 419 g/mol. The summed E-state index contributed by atoms with van der Waals surface area (Å²) < 4.78 is 0. The Labute approximate surface area is 154 Å². The van der Waals surface area contributed by atoms with Gasteiger partial charge in [-0.25, -0.2) is 0 Å². The Balaban J connectivity index is 1.98. The Hall–Kier alpha value is -0.580. The van der Waals surface area contributed by atoms with Crippen LogP contribution in [-0.4, -0.2) is 16.5 Å². The third kappa shape index (κ3) is 2.01. The first-order valence-electron chi connectivity index (χ1n) is 7.53. The Morgan fingerprint density at radius 2 is 1.87 bits per heavy atom. The number of hydrogen-bond acceptors (Lipinski definition) is 2. The third-order valence-electron chi connectivity index (χ3n) is 6.30. The van der Waals surface area contributed by atoms with Gasteiger partial charge in [0, 0.05) is 11.1 Å². The van der Waals surface area contributed by atoms with Gasteiger partial charge in [-0.1, -0.05) is 59.9 Å². The van der Waals surface area contributed by atoms with Crippen LogP contribution in [0, 0.1) is 16.2 Å². The Bertz CT molecular complexity index is 721. The fourth-order valence-corrected chi connectivity index (χ4v) is 6.08. The number of halogens is 3. The van der Waals surface area contributed by atoms with Crippen molar-refractivity contribution in [2.24, 2.45) is 16.2 Å². The first-order chi connectivity index (χ1) is 10.6. The molecule has 0 aromatic heterocycles. The molecule has 2 aliphatic rings. The number of nitrogens with one attached hydrogen (secondary N) is 1. The molecule has 1 N–H and O–H groups in total. The SMILES string of the molecule is CC1(C)[C@@]2(C)CC[C@@]1(C(=O)Nc1ccc(Cl)c(Cl)c1)[C@H](Br)C2=O. The van der Waals surface area contributed by atoms with E-state index in [0.29, 0.717) is 22.2 Å². The van der Waals surface area contributed by atoms with Gasteiger partial charge < -0.3 is 5.32 Å². The van der Waals surface area contributed by atoms with Crippen molar-refractivity contribution in [3.63, 3.8) is 0 Å². The molecule has 2 aliphatic carbocycles.